The van der Waals surface area contributed by atoms with Crippen molar-refractivity contribution >= 4 is 17.9 Å². The van der Waals surface area contributed by atoms with E-state index in [4.69, 9.17) is 4.74 Å². The van der Waals surface area contributed by atoms with Crippen LogP contribution in [0.4, 0.5) is 0 Å². The number of carboxylic acids is 2. The van der Waals surface area contributed by atoms with Crippen molar-refractivity contribution in [3.8, 4) is 34.5 Å². The standard InChI is InChI=1S/C62H90O8.C26H36O4/c1-15-17-19-44(33-42-25-31-54(65)50(37-42)60(9,10)11)46(27-21-40-23-29-52(63)48(35-40)58(3,4)5)62(57(69)70,39-56(67)68)47(28-22-41-24-30-53(64)49(36-41)59(6,7)8)45(20-18-16-2)34-43-26-32-55(66)51(38-43)61(12,13)14;1-16(2)22-14-20(7-10-24(22)28)9-12-26(30-19(6)27)18(5)13-21-8-11-25(29)23(15-21)17(3)4/h23-26,29-32,35-38,44-47,63-66H,15-22,27-28,33-34,39H2,1-14H3,(H,67,68)(H,69,70);7-8,10-11,14-18,26,28-29H,9,12-13H2,1-6H3. The summed E-state index contributed by atoms with van der Waals surface area (Å²) in [6.07, 6.45) is 8.95. The number of aryl methyl sites for hydroxylation is 3. The Balaban J connectivity index is 0.000000499. The van der Waals surface area contributed by atoms with Crippen molar-refractivity contribution in [3.63, 3.8) is 0 Å². The molecule has 550 valence electrons. The highest BCUT2D eigenvalue weighted by atomic mass is 16.5. The van der Waals surface area contributed by atoms with Crippen molar-refractivity contribution in [2.75, 3.05) is 0 Å². The predicted molar refractivity (Wildman–Crippen MR) is 408 cm³/mol. The second-order valence-electron chi connectivity index (χ2n) is 33.8. The first-order chi connectivity index (χ1) is 46.5. The molecule has 0 saturated carbocycles. The number of ether oxygens (including phenoxy) is 1. The molecule has 0 fully saturated rings. The number of aliphatic carboxylic acids is 2. The van der Waals surface area contributed by atoms with Gasteiger partial charge in [-0.25, -0.2) is 0 Å². The van der Waals surface area contributed by atoms with Gasteiger partial charge in [0.15, 0.2) is 0 Å². The van der Waals surface area contributed by atoms with E-state index in [1.807, 2.05) is 54.6 Å². The Morgan fingerprint density at radius 2 is 0.700 bits per heavy atom. The van der Waals surface area contributed by atoms with Gasteiger partial charge in [0, 0.05) is 6.92 Å². The Labute approximate surface area is 601 Å². The molecule has 12 heteroatoms. The number of phenolic OH excluding ortho intramolecular Hbond substituents is 6. The molecule has 0 aromatic heterocycles. The first-order valence-electron chi connectivity index (χ1n) is 37.1. The first-order valence-corrected chi connectivity index (χ1v) is 37.1. The van der Waals surface area contributed by atoms with Crippen molar-refractivity contribution < 1.29 is 60.0 Å². The summed E-state index contributed by atoms with van der Waals surface area (Å²) < 4.78 is 5.67. The van der Waals surface area contributed by atoms with Gasteiger partial charge in [-0.15, -0.1) is 0 Å². The van der Waals surface area contributed by atoms with Crippen molar-refractivity contribution in [1.29, 1.82) is 0 Å². The SMILES string of the molecule is CC(=O)OC(CCc1ccc(O)c(C(C)C)c1)C(C)Cc1ccc(O)c(C(C)C)c1.CCCCC(Cc1ccc(O)c(C(C)(C)C)c1)C(CCc1ccc(O)c(C(C)(C)C)c1)C(CC(=O)O)(C(=O)O)C(CCc1ccc(O)c(C(C)(C)C)c1)C(CCCC)Cc1ccc(O)c(C(C)(C)C)c1. The summed E-state index contributed by atoms with van der Waals surface area (Å²) in [4.78, 5) is 40.8. The number of aromatic hydroxyl groups is 6. The second kappa shape index (κ2) is 35.9. The highest BCUT2D eigenvalue weighted by molar-refractivity contribution is 5.82. The number of phenols is 6. The van der Waals surface area contributed by atoms with E-state index < -0.39 is 35.6 Å². The van der Waals surface area contributed by atoms with Gasteiger partial charge in [-0.3, -0.25) is 14.4 Å². The Morgan fingerprint density at radius 3 is 1.01 bits per heavy atom. The zero-order chi connectivity index (χ0) is 75.0. The fourth-order valence-electron chi connectivity index (χ4n) is 15.3. The summed E-state index contributed by atoms with van der Waals surface area (Å²) in [5.74, 6) is -2.20. The maximum Gasteiger partial charge on any atom is 0.310 e. The van der Waals surface area contributed by atoms with Gasteiger partial charge in [0.05, 0.1) is 11.8 Å². The molecule has 0 amide bonds. The lowest BCUT2D eigenvalue weighted by Crippen LogP contribution is -2.52. The summed E-state index contributed by atoms with van der Waals surface area (Å²) in [5, 5.41) is 88.2. The Morgan fingerprint density at radius 1 is 0.400 bits per heavy atom. The second-order valence-corrected chi connectivity index (χ2v) is 33.8. The smallest absolute Gasteiger partial charge is 0.310 e. The van der Waals surface area contributed by atoms with Crippen LogP contribution in [0.2, 0.25) is 0 Å². The third-order valence-corrected chi connectivity index (χ3v) is 20.8. The van der Waals surface area contributed by atoms with Crippen LogP contribution in [0.3, 0.4) is 0 Å². The molecule has 0 saturated heterocycles. The van der Waals surface area contributed by atoms with E-state index in [2.05, 4.69) is 150 Å². The Bertz CT molecular complexity index is 3490. The van der Waals surface area contributed by atoms with E-state index in [1.54, 1.807) is 36.4 Å². The van der Waals surface area contributed by atoms with Gasteiger partial charge in [-0.2, -0.15) is 0 Å². The molecule has 6 rings (SSSR count). The van der Waals surface area contributed by atoms with E-state index >= 15 is 4.79 Å². The summed E-state index contributed by atoms with van der Waals surface area (Å²) in [7, 11) is 0. The average molecular weight is 1380 g/mol. The minimum atomic E-state index is -1.76. The zero-order valence-electron chi connectivity index (χ0n) is 64.5. The number of hydrogen-bond donors (Lipinski definition) is 8. The summed E-state index contributed by atoms with van der Waals surface area (Å²) >= 11 is 0. The molecule has 0 radical (unpaired) electrons. The predicted octanol–water partition coefficient (Wildman–Crippen LogP) is 21.2. The van der Waals surface area contributed by atoms with Crippen LogP contribution in [0.5, 0.6) is 34.5 Å². The van der Waals surface area contributed by atoms with Gasteiger partial charge in [0.2, 0.25) is 0 Å². The molecule has 0 aliphatic rings. The van der Waals surface area contributed by atoms with Crippen molar-refractivity contribution in [2.45, 2.75) is 281 Å². The fraction of sp³-hybridized carbons (Fsp3) is 0.557. The molecule has 8 N–H and O–H groups in total. The summed E-state index contributed by atoms with van der Waals surface area (Å²) in [6.45, 7) is 40.8. The first kappa shape index (κ1) is 83.2. The van der Waals surface area contributed by atoms with Gasteiger partial charge < -0.3 is 45.6 Å². The third kappa shape index (κ3) is 23.3. The van der Waals surface area contributed by atoms with Gasteiger partial charge in [-0.05, 0) is 237 Å². The molecule has 6 aromatic carbocycles. The number of esters is 1. The summed E-state index contributed by atoms with van der Waals surface area (Å²) in [5.41, 5.74) is 7.97. The zero-order valence-corrected chi connectivity index (χ0v) is 64.5. The molecule has 0 heterocycles. The van der Waals surface area contributed by atoms with Crippen LogP contribution in [0.1, 0.15) is 281 Å². The average Bonchev–Trinajstić information content (AvgIpc) is 0.747. The minimum Gasteiger partial charge on any atom is -0.508 e. The quantitative estimate of drug-likeness (QED) is 0.0185. The molecule has 100 heavy (non-hydrogen) atoms. The van der Waals surface area contributed by atoms with E-state index in [-0.39, 0.29) is 86.3 Å². The van der Waals surface area contributed by atoms with E-state index in [0.717, 1.165) is 112 Å². The van der Waals surface area contributed by atoms with Crippen LogP contribution in [0.25, 0.3) is 0 Å². The van der Waals surface area contributed by atoms with Gasteiger partial charge >= 0.3 is 17.9 Å². The number of carbonyl (C=O) groups excluding carboxylic acids is 1. The molecular formula is C88H126O12. The van der Waals surface area contributed by atoms with Crippen molar-refractivity contribution in [1.82, 2.24) is 0 Å². The highest BCUT2D eigenvalue weighted by Crippen LogP contribution is 2.54. The fourth-order valence-corrected chi connectivity index (χ4v) is 15.3. The molecule has 12 nitrogen and oxygen atoms in total. The van der Waals surface area contributed by atoms with E-state index in [9.17, 15) is 50.4 Å². The molecular weight excluding hydrogens is 1250 g/mol. The lowest BCUT2D eigenvalue weighted by molar-refractivity contribution is -0.171. The molecule has 0 spiro atoms. The molecule has 6 aromatic rings. The van der Waals surface area contributed by atoms with Crippen LogP contribution < -0.4 is 0 Å². The Hall–Kier alpha value is -7.47. The van der Waals surface area contributed by atoms with Crippen LogP contribution in [0.15, 0.2) is 109 Å². The molecule has 6 atom stereocenters. The van der Waals surface area contributed by atoms with Gasteiger partial charge in [0.1, 0.15) is 40.6 Å². The van der Waals surface area contributed by atoms with Crippen LogP contribution in [-0.4, -0.2) is 64.9 Å². The number of rotatable bonds is 32. The maximum atomic E-state index is 15.2. The third-order valence-electron chi connectivity index (χ3n) is 20.8. The van der Waals surface area contributed by atoms with Gasteiger partial charge in [-0.1, -0.05) is 230 Å². The number of carboxylic acid groups (broad SMARTS) is 2. The molecule has 6 unspecified atom stereocenters. The van der Waals surface area contributed by atoms with Crippen molar-refractivity contribution in [2.24, 2.45) is 35.0 Å². The van der Waals surface area contributed by atoms with Crippen LogP contribution in [0, 0.1) is 35.0 Å². The maximum absolute atomic E-state index is 15.2. The van der Waals surface area contributed by atoms with Crippen LogP contribution in [-0.2, 0) is 79.3 Å². The topological polar surface area (TPSA) is 222 Å². The van der Waals surface area contributed by atoms with Gasteiger partial charge in [0.25, 0.3) is 0 Å². The van der Waals surface area contributed by atoms with Crippen molar-refractivity contribution in [3.05, 3.63) is 176 Å². The molecule has 0 aliphatic heterocycles. The van der Waals surface area contributed by atoms with E-state index in [1.165, 1.54) is 6.92 Å². The van der Waals surface area contributed by atoms with E-state index in [0.29, 0.717) is 62.9 Å². The lowest BCUT2D eigenvalue weighted by Gasteiger charge is -2.49. The number of unbranched alkanes of at least 4 members (excludes halogenated alkanes) is 2. The molecule has 0 aliphatic carbocycles. The van der Waals surface area contributed by atoms with Crippen LogP contribution >= 0.6 is 0 Å². The number of benzene rings is 6. The monoisotopic (exact) mass is 1370 g/mol. The minimum absolute atomic E-state index is 0.139. The number of carbonyl (C=O) groups is 3. The summed E-state index contributed by atoms with van der Waals surface area (Å²) in [6, 6.07) is 34.3. The molecule has 0 bridgehead atoms. The number of hydrogen-bond acceptors (Lipinski definition) is 10. The Kier molecular flexibility index (Phi) is 29.9. The lowest BCUT2D eigenvalue weighted by atomic mass is 9.53. The largest absolute Gasteiger partial charge is 0.508 e. The normalized spacial score (nSPS) is 14.7. The highest BCUT2D eigenvalue weighted by Gasteiger charge is 2.56.